The van der Waals surface area contributed by atoms with Crippen molar-refractivity contribution in [3.05, 3.63) is 29.8 Å². The average molecular weight is 261 g/mol. The Morgan fingerprint density at radius 3 is 2.68 bits per heavy atom. The van der Waals surface area contributed by atoms with Gasteiger partial charge in [-0.15, -0.1) is 0 Å². The monoisotopic (exact) mass is 261 g/mol. The third kappa shape index (κ3) is 3.13. The molecule has 102 valence electrons. The summed E-state index contributed by atoms with van der Waals surface area (Å²) in [6.45, 7) is 2.05. The van der Waals surface area contributed by atoms with E-state index >= 15 is 0 Å². The van der Waals surface area contributed by atoms with Crippen molar-refractivity contribution in [2.24, 2.45) is 0 Å². The van der Waals surface area contributed by atoms with E-state index in [1.165, 1.54) is 5.56 Å². The van der Waals surface area contributed by atoms with Crippen molar-refractivity contribution in [2.75, 3.05) is 4.90 Å². The Morgan fingerprint density at radius 2 is 1.95 bits per heavy atom. The van der Waals surface area contributed by atoms with Crippen LogP contribution in [0.1, 0.15) is 38.2 Å². The van der Waals surface area contributed by atoms with Crippen LogP contribution in [0.4, 0.5) is 5.69 Å². The molecule has 0 saturated heterocycles. The van der Waals surface area contributed by atoms with E-state index in [4.69, 9.17) is 5.11 Å². The van der Waals surface area contributed by atoms with Crippen LogP contribution in [0.3, 0.4) is 0 Å². The summed E-state index contributed by atoms with van der Waals surface area (Å²) in [7, 11) is 0. The van der Waals surface area contributed by atoms with E-state index < -0.39 is 5.97 Å². The van der Waals surface area contributed by atoms with Gasteiger partial charge in [-0.2, -0.15) is 0 Å². The van der Waals surface area contributed by atoms with Gasteiger partial charge in [0.05, 0.1) is 0 Å². The molecule has 4 nitrogen and oxygen atoms in total. The van der Waals surface area contributed by atoms with E-state index in [1.54, 1.807) is 0 Å². The predicted molar refractivity (Wildman–Crippen MR) is 73.2 cm³/mol. The van der Waals surface area contributed by atoms with E-state index in [2.05, 4.69) is 13.0 Å². The highest BCUT2D eigenvalue weighted by atomic mass is 16.4. The average Bonchev–Trinajstić information content (AvgIpc) is 2.70. The normalized spacial score (nSPS) is 17.3. The van der Waals surface area contributed by atoms with Gasteiger partial charge in [0.1, 0.15) is 0 Å². The van der Waals surface area contributed by atoms with Crippen molar-refractivity contribution in [3.63, 3.8) is 0 Å². The maximum Gasteiger partial charge on any atom is 0.303 e. The number of para-hydroxylation sites is 1. The van der Waals surface area contributed by atoms with Gasteiger partial charge in [0.25, 0.3) is 0 Å². The third-order valence-corrected chi connectivity index (χ3v) is 3.51. The zero-order valence-corrected chi connectivity index (χ0v) is 11.1. The molecule has 0 saturated carbocycles. The summed E-state index contributed by atoms with van der Waals surface area (Å²) in [6.07, 6.45) is 2.66. The summed E-state index contributed by atoms with van der Waals surface area (Å²) in [5, 5.41) is 8.57. The Bertz CT molecular complexity index is 484. The lowest BCUT2D eigenvalue weighted by Gasteiger charge is -2.22. The predicted octanol–water partition coefficient (Wildman–Crippen LogP) is 2.61. The molecule has 1 aliphatic heterocycles. The Balaban J connectivity index is 1.94. The molecule has 2 rings (SSSR count). The second-order valence-electron chi connectivity index (χ2n) is 5.05. The number of aliphatic carboxylic acids is 1. The molecular weight excluding hydrogens is 242 g/mol. The first-order valence-corrected chi connectivity index (χ1v) is 6.71. The fourth-order valence-corrected chi connectivity index (χ4v) is 2.62. The Morgan fingerprint density at radius 1 is 1.26 bits per heavy atom. The summed E-state index contributed by atoms with van der Waals surface area (Å²) in [4.78, 5) is 24.5. The highest BCUT2D eigenvalue weighted by molar-refractivity contribution is 5.96. The quantitative estimate of drug-likeness (QED) is 0.829. The zero-order chi connectivity index (χ0) is 13.8. The van der Waals surface area contributed by atoms with Crippen LogP contribution in [0.5, 0.6) is 0 Å². The first kappa shape index (κ1) is 13.6. The van der Waals surface area contributed by atoms with Crippen molar-refractivity contribution in [3.8, 4) is 0 Å². The van der Waals surface area contributed by atoms with Gasteiger partial charge in [0.15, 0.2) is 0 Å². The standard InChI is InChI=1S/C15H19NO3/c1-11-10-12-6-2-3-7-13(12)16(11)14(17)8-4-5-9-15(18)19/h2-3,6-7,11H,4-5,8-10H2,1H3,(H,18,19). The molecule has 0 aliphatic carbocycles. The summed E-state index contributed by atoms with van der Waals surface area (Å²) in [5.41, 5.74) is 2.23. The van der Waals surface area contributed by atoms with Crippen molar-refractivity contribution in [1.82, 2.24) is 0 Å². The van der Waals surface area contributed by atoms with Crippen LogP contribution >= 0.6 is 0 Å². The number of fused-ring (bicyclic) bond motifs is 1. The van der Waals surface area contributed by atoms with E-state index in [1.807, 2.05) is 23.1 Å². The van der Waals surface area contributed by atoms with Gasteiger partial charge in [0, 0.05) is 24.6 Å². The van der Waals surface area contributed by atoms with Crippen molar-refractivity contribution in [2.45, 2.75) is 45.1 Å². The lowest BCUT2D eigenvalue weighted by atomic mass is 10.1. The summed E-state index contributed by atoms with van der Waals surface area (Å²) >= 11 is 0. The molecule has 0 spiro atoms. The second kappa shape index (κ2) is 5.87. The number of hydrogen-bond donors (Lipinski definition) is 1. The highest BCUT2D eigenvalue weighted by Gasteiger charge is 2.29. The molecule has 1 heterocycles. The van der Waals surface area contributed by atoms with Gasteiger partial charge in [0.2, 0.25) is 5.91 Å². The van der Waals surface area contributed by atoms with Crippen LogP contribution in [0, 0.1) is 0 Å². The molecule has 4 heteroatoms. The van der Waals surface area contributed by atoms with Crippen molar-refractivity contribution in [1.29, 1.82) is 0 Å². The van der Waals surface area contributed by atoms with Crippen LogP contribution in [-0.4, -0.2) is 23.0 Å². The van der Waals surface area contributed by atoms with Crippen molar-refractivity contribution < 1.29 is 14.7 Å². The summed E-state index contributed by atoms with van der Waals surface area (Å²) in [6, 6.07) is 8.18. The van der Waals surface area contributed by atoms with Gasteiger partial charge in [-0.25, -0.2) is 0 Å². The zero-order valence-electron chi connectivity index (χ0n) is 11.1. The largest absolute Gasteiger partial charge is 0.481 e. The molecule has 0 fully saturated rings. The van der Waals surface area contributed by atoms with Crippen molar-refractivity contribution >= 4 is 17.6 Å². The number of rotatable bonds is 5. The number of carbonyl (C=O) groups is 2. The summed E-state index contributed by atoms with van der Waals surface area (Å²) < 4.78 is 0. The maximum atomic E-state index is 12.2. The number of benzene rings is 1. The fraction of sp³-hybridized carbons (Fsp3) is 0.467. The minimum atomic E-state index is -0.799. The number of carbonyl (C=O) groups excluding carboxylic acids is 1. The second-order valence-corrected chi connectivity index (χ2v) is 5.05. The number of carboxylic acids is 1. The van der Waals surface area contributed by atoms with Gasteiger partial charge in [-0.1, -0.05) is 18.2 Å². The Hall–Kier alpha value is -1.84. The smallest absolute Gasteiger partial charge is 0.303 e. The van der Waals surface area contributed by atoms with E-state index in [-0.39, 0.29) is 18.4 Å². The molecule has 1 aliphatic rings. The van der Waals surface area contributed by atoms with E-state index in [0.717, 1.165) is 12.1 Å². The molecule has 1 N–H and O–H groups in total. The van der Waals surface area contributed by atoms with Crippen LogP contribution in [0.2, 0.25) is 0 Å². The molecule has 0 radical (unpaired) electrons. The molecule has 1 aromatic rings. The van der Waals surface area contributed by atoms with Gasteiger partial charge in [-0.05, 0) is 37.8 Å². The SMILES string of the molecule is CC1Cc2ccccc2N1C(=O)CCCCC(=O)O. The molecule has 1 aromatic carbocycles. The highest BCUT2D eigenvalue weighted by Crippen LogP contribution is 2.32. The van der Waals surface area contributed by atoms with Crippen LogP contribution in [0.15, 0.2) is 24.3 Å². The van der Waals surface area contributed by atoms with Crippen LogP contribution < -0.4 is 4.90 Å². The molecule has 1 unspecified atom stereocenters. The third-order valence-electron chi connectivity index (χ3n) is 3.51. The number of unbranched alkanes of at least 4 members (excludes halogenated alkanes) is 1. The number of nitrogens with zero attached hydrogens (tertiary/aromatic N) is 1. The Kier molecular flexibility index (Phi) is 4.20. The van der Waals surface area contributed by atoms with Crippen LogP contribution in [0.25, 0.3) is 0 Å². The van der Waals surface area contributed by atoms with Crippen LogP contribution in [-0.2, 0) is 16.0 Å². The first-order valence-electron chi connectivity index (χ1n) is 6.71. The van der Waals surface area contributed by atoms with E-state index in [0.29, 0.717) is 19.3 Å². The topological polar surface area (TPSA) is 57.6 Å². The molecule has 19 heavy (non-hydrogen) atoms. The van der Waals surface area contributed by atoms with E-state index in [9.17, 15) is 9.59 Å². The maximum absolute atomic E-state index is 12.2. The van der Waals surface area contributed by atoms with Gasteiger partial charge >= 0.3 is 5.97 Å². The number of anilines is 1. The van der Waals surface area contributed by atoms with Gasteiger partial charge in [-0.3, -0.25) is 9.59 Å². The molecule has 0 bridgehead atoms. The minimum Gasteiger partial charge on any atom is -0.481 e. The molecule has 0 aromatic heterocycles. The number of carboxylic acid groups (broad SMARTS) is 1. The fourth-order valence-electron chi connectivity index (χ4n) is 2.62. The number of hydrogen-bond acceptors (Lipinski definition) is 2. The number of amides is 1. The Labute approximate surface area is 113 Å². The van der Waals surface area contributed by atoms with Gasteiger partial charge < -0.3 is 10.0 Å². The lowest BCUT2D eigenvalue weighted by Crippen LogP contribution is -2.35. The lowest BCUT2D eigenvalue weighted by molar-refractivity contribution is -0.137. The minimum absolute atomic E-state index is 0.0999. The summed E-state index contributed by atoms with van der Waals surface area (Å²) in [5.74, 6) is -0.699. The molecular formula is C15H19NO3. The molecule has 1 amide bonds. The first-order chi connectivity index (χ1) is 9.09. The molecule has 1 atom stereocenters.